The number of hydrogen-bond donors (Lipinski definition) is 0. The molecule has 0 spiro atoms. The Morgan fingerprint density at radius 3 is 1.86 bits per heavy atom. The molecule has 0 N–H and O–H groups in total. The fourth-order valence-corrected chi connectivity index (χ4v) is 4.35. The van der Waals surface area contributed by atoms with Gasteiger partial charge in [-0.3, -0.25) is 0 Å². The minimum atomic E-state index is -0.291. The Balaban J connectivity index is 1.47. The average molecular weight is 472 g/mol. The molecule has 0 saturated carbocycles. The first-order chi connectivity index (χ1) is 17.3. The van der Waals surface area contributed by atoms with E-state index in [0.717, 1.165) is 16.7 Å². The monoisotopic (exact) mass is 471 g/mol. The topological polar surface area (TPSA) is 60.7 Å². The molecule has 5 nitrogen and oxygen atoms in total. The lowest BCUT2D eigenvalue weighted by Crippen LogP contribution is -2.52. The van der Waals surface area contributed by atoms with Gasteiger partial charge in [-0.05, 0) is 23.1 Å². The van der Waals surface area contributed by atoms with Gasteiger partial charge in [0.2, 0.25) is 0 Å². The molecule has 3 aromatic carbocycles. The van der Waals surface area contributed by atoms with Crippen LogP contribution >= 0.6 is 0 Å². The molecular weight excluding hydrogens is 438 g/mol. The Labute approximate surface area is 208 Å². The number of nitriles is 1. The van der Waals surface area contributed by atoms with E-state index in [9.17, 15) is 0 Å². The normalized spacial score (nSPS) is 21.9. The highest BCUT2D eigenvalue weighted by Crippen LogP contribution is 2.29. The van der Waals surface area contributed by atoms with Crippen LogP contribution in [0, 0.1) is 11.3 Å². The van der Waals surface area contributed by atoms with E-state index in [4.69, 9.17) is 24.2 Å². The molecule has 0 unspecified atom stereocenters. The molecule has 5 heteroatoms. The second-order valence-corrected chi connectivity index (χ2v) is 8.83. The van der Waals surface area contributed by atoms with Gasteiger partial charge in [0.05, 0.1) is 44.7 Å². The van der Waals surface area contributed by atoms with Crippen LogP contribution < -0.4 is 0 Å². The smallest absolute Gasteiger partial charge is 0.113 e. The molecule has 0 radical (unpaired) electrons. The molecule has 182 valence electrons. The van der Waals surface area contributed by atoms with Crippen LogP contribution in [0.1, 0.15) is 36.0 Å². The molecule has 3 aromatic rings. The summed E-state index contributed by atoms with van der Waals surface area (Å²) in [6.45, 7) is 1.87. The highest BCUT2D eigenvalue weighted by molar-refractivity contribution is 5.15. The molecule has 0 amide bonds. The fraction of sp³-hybridized carbons (Fsp3) is 0.367. The van der Waals surface area contributed by atoms with Gasteiger partial charge in [-0.25, -0.2) is 0 Å². The first-order valence-electron chi connectivity index (χ1n) is 12.3. The van der Waals surface area contributed by atoms with Gasteiger partial charge >= 0.3 is 0 Å². The highest BCUT2D eigenvalue weighted by Gasteiger charge is 2.40. The minimum Gasteiger partial charge on any atom is -0.374 e. The Hall–Kier alpha value is -3.01. The van der Waals surface area contributed by atoms with Crippen molar-refractivity contribution in [3.05, 3.63) is 108 Å². The summed E-state index contributed by atoms with van der Waals surface area (Å²) in [5.41, 5.74) is 3.33. The lowest BCUT2D eigenvalue weighted by atomic mass is 9.95. The maximum atomic E-state index is 9.12. The lowest BCUT2D eigenvalue weighted by molar-refractivity contribution is -0.221. The molecule has 1 aliphatic rings. The van der Waals surface area contributed by atoms with Crippen LogP contribution in [0.25, 0.3) is 0 Å². The Bertz CT molecular complexity index is 1020. The largest absolute Gasteiger partial charge is 0.374 e. The van der Waals surface area contributed by atoms with Crippen molar-refractivity contribution in [1.82, 2.24) is 0 Å². The van der Waals surface area contributed by atoms with Gasteiger partial charge in [-0.2, -0.15) is 5.26 Å². The summed E-state index contributed by atoms with van der Waals surface area (Å²) < 4.78 is 25.4. The summed E-state index contributed by atoms with van der Waals surface area (Å²) in [4.78, 5) is 0. The summed E-state index contributed by atoms with van der Waals surface area (Å²) >= 11 is 0. The van der Waals surface area contributed by atoms with Crippen molar-refractivity contribution in [1.29, 1.82) is 5.26 Å². The van der Waals surface area contributed by atoms with E-state index in [1.165, 1.54) is 0 Å². The van der Waals surface area contributed by atoms with Crippen LogP contribution in [-0.4, -0.2) is 31.0 Å². The molecule has 1 saturated heterocycles. The number of hydrogen-bond acceptors (Lipinski definition) is 5. The maximum Gasteiger partial charge on any atom is 0.113 e. The van der Waals surface area contributed by atoms with Gasteiger partial charge < -0.3 is 18.9 Å². The molecule has 0 bridgehead atoms. The average Bonchev–Trinajstić information content (AvgIpc) is 2.92. The van der Waals surface area contributed by atoms with E-state index in [-0.39, 0.29) is 24.4 Å². The van der Waals surface area contributed by atoms with Crippen LogP contribution in [0.4, 0.5) is 0 Å². The van der Waals surface area contributed by atoms with Gasteiger partial charge in [0.25, 0.3) is 0 Å². The molecule has 0 aromatic heterocycles. The minimum absolute atomic E-state index is 0.0719. The van der Waals surface area contributed by atoms with Crippen molar-refractivity contribution < 1.29 is 18.9 Å². The third-order valence-corrected chi connectivity index (χ3v) is 6.16. The molecule has 4 atom stereocenters. The van der Waals surface area contributed by atoms with Crippen LogP contribution in [0.5, 0.6) is 0 Å². The van der Waals surface area contributed by atoms with Gasteiger partial charge in [0.15, 0.2) is 0 Å². The Kier molecular flexibility index (Phi) is 9.87. The SMILES string of the molecule is N#CCC[C@@H]1C[C@@H](OCc2ccccc2)[C@H](OCc2ccccc2)[C@@H](COCc2ccccc2)O1. The molecule has 1 heterocycles. The van der Waals surface area contributed by atoms with Gasteiger partial charge in [0, 0.05) is 12.8 Å². The van der Waals surface area contributed by atoms with Gasteiger partial charge in [-0.1, -0.05) is 91.0 Å². The summed E-state index contributed by atoms with van der Waals surface area (Å²) in [7, 11) is 0. The van der Waals surface area contributed by atoms with E-state index in [1.54, 1.807) is 0 Å². The summed E-state index contributed by atoms with van der Waals surface area (Å²) in [6.07, 6.45) is 0.988. The number of benzene rings is 3. The van der Waals surface area contributed by atoms with Crippen LogP contribution in [0.3, 0.4) is 0 Å². The zero-order valence-electron chi connectivity index (χ0n) is 20.0. The highest BCUT2D eigenvalue weighted by atomic mass is 16.6. The first-order valence-corrected chi connectivity index (χ1v) is 12.3. The second-order valence-electron chi connectivity index (χ2n) is 8.83. The fourth-order valence-electron chi connectivity index (χ4n) is 4.35. The van der Waals surface area contributed by atoms with E-state index < -0.39 is 0 Å². The van der Waals surface area contributed by atoms with Crippen molar-refractivity contribution in [3.8, 4) is 6.07 Å². The number of nitrogens with zero attached hydrogens (tertiary/aromatic N) is 1. The summed E-state index contributed by atoms with van der Waals surface area (Å²) in [5, 5.41) is 9.12. The summed E-state index contributed by atoms with van der Waals surface area (Å²) in [5.74, 6) is 0. The third-order valence-electron chi connectivity index (χ3n) is 6.16. The quantitative estimate of drug-likeness (QED) is 0.332. The van der Waals surface area contributed by atoms with Crippen molar-refractivity contribution in [3.63, 3.8) is 0 Å². The van der Waals surface area contributed by atoms with Crippen LogP contribution in [0.2, 0.25) is 0 Å². The van der Waals surface area contributed by atoms with Crippen LogP contribution in [0.15, 0.2) is 91.0 Å². The van der Waals surface area contributed by atoms with E-state index in [2.05, 4.69) is 30.3 Å². The zero-order chi connectivity index (χ0) is 24.1. The Morgan fingerprint density at radius 1 is 0.743 bits per heavy atom. The lowest BCUT2D eigenvalue weighted by Gasteiger charge is -2.41. The van der Waals surface area contributed by atoms with E-state index in [0.29, 0.717) is 45.7 Å². The molecular formula is C30H33NO4. The summed E-state index contributed by atoms with van der Waals surface area (Å²) in [6, 6.07) is 32.6. The molecule has 1 fully saturated rings. The predicted octanol–water partition coefficient (Wildman–Crippen LogP) is 5.84. The molecule has 1 aliphatic heterocycles. The van der Waals surface area contributed by atoms with E-state index in [1.807, 2.05) is 66.7 Å². The predicted molar refractivity (Wildman–Crippen MR) is 134 cm³/mol. The maximum absolute atomic E-state index is 9.12. The zero-order valence-corrected chi connectivity index (χ0v) is 20.0. The van der Waals surface area contributed by atoms with Gasteiger partial charge in [0.1, 0.15) is 12.2 Å². The van der Waals surface area contributed by atoms with E-state index >= 15 is 0 Å². The Morgan fingerprint density at radius 2 is 1.29 bits per heavy atom. The van der Waals surface area contributed by atoms with Crippen molar-refractivity contribution in [2.45, 2.75) is 63.5 Å². The third kappa shape index (κ3) is 8.02. The molecule has 35 heavy (non-hydrogen) atoms. The number of ether oxygens (including phenoxy) is 4. The number of rotatable bonds is 12. The molecule has 0 aliphatic carbocycles. The van der Waals surface area contributed by atoms with Crippen LogP contribution in [-0.2, 0) is 38.8 Å². The van der Waals surface area contributed by atoms with Crippen molar-refractivity contribution in [2.24, 2.45) is 0 Å². The standard InChI is InChI=1S/C30H33NO4/c31-18-10-17-27-19-28(33-21-25-13-6-2-7-14-25)30(34-22-26-15-8-3-9-16-26)29(35-27)23-32-20-24-11-4-1-5-12-24/h1-9,11-16,27-30H,10,17,19-23H2/t27-,28-,29-,30+/m1/s1. The van der Waals surface area contributed by atoms with Crippen molar-refractivity contribution in [2.75, 3.05) is 6.61 Å². The molecule has 4 rings (SSSR count). The second kappa shape index (κ2) is 13.8. The first kappa shape index (κ1) is 25.1. The van der Waals surface area contributed by atoms with Crippen molar-refractivity contribution >= 4 is 0 Å². The van der Waals surface area contributed by atoms with Gasteiger partial charge in [-0.15, -0.1) is 0 Å².